The van der Waals surface area contributed by atoms with Gasteiger partial charge in [-0.2, -0.15) is 0 Å². The van der Waals surface area contributed by atoms with E-state index in [0.717, 1.165) is 0 Å². The van der Waals surface area contributed by atoms with Gasteiger partial charge >= 0.3 is 11.9 Å². The molecule has 35 heavy (non-hydrogen) atoms. The minimum absolute atomic E-state index is 0.0113. The minimum Gasteiger partial charge on any atom is -0.468 e. The fraction of sp³-hybridized carbons (Fsp3) is 0.500. The highest BCUT2D eigenvalue weighted by atomic mass is 16.7. The first-order valence-corrected chi connectivity index (χ1v) is 11.7. The molecule has 3 atom stereocenters. The Balaban J connectivity index is 1.75. The number of fused-ring (bicyclic) bond motifs is 1. The Labute approximate surface area is 204 Å². The highest BCUT2D eigenvalue weighted by Crippen LogP contribution is 2.47. The number of allylic oxidation sites excluding steroid dienone is 3. The number of benzene rings is 1. The largest absolute Gasteiger partial charge is 0.468 e. The van der Waals surface area contributed by atoms with Crippen molar-refractivity contribution in [3.8, 4) is 11.5 Å². The van der Waals surface area contributed by atoms with E-state index in [1.54, 1.807) is 25.1 Å². The van der Waals surface area contributed by atoms with Crippen molar-refractivity contribution in [2.24, 2.45) is 11.8 Å². The van der Waals surface area contributed by atoms with Gasteiger partial charge in [0.25, 0.3) is 0 Å². The van der Waals surface area contributed by atoms with Crippen LogP contribution in [0.3, 0.4) is 0 Å². The van der Waals surface area contributed by atoms with E-state index in [2.05, 4.69) is 5.32 Å². The molecular formula is C26H31NO8. The highest BCUT2D eigenvalue weighted by Gasteiger charge is 2.47. The maximum atomic E-state index is 13.7. The lowest BCUT2D eigenvalue weighted by Crippen LogP contribution is -2.43. The van der Waals surface area contributed by atoms with Crippen LogP contribution in [-0.4, -0.2) is 50.9 Å². The molecule has 0 saturated carbocycles. The molecule has 0 spiro atoms. The number of ether oxygens (including phenoxy) is 5. The van der Waals surface area contributed by atoms with Crippen molar-refractivity contribution in [2.45, 2.75) is 46.1 Å². The smallest absolute Gasteiger partial charge is 0.336 e. The van der Waals surface area contributed by atoms with Gasteiger partial charge in [-0.05, 0) is 50.8 Å². The molecule has 2 heterocycles. The van der Waals surface area contributed by atoms with Crippen LogP contribution in [0.5, 0.6) is 11.5 Å². The number of rotatable bonds is 7. The second-order valence-electron chi connectivity index (χ2n) is 9.20. The molecule has 9 nitrogen and oxygen atoms in total. The maximum Gasteiger partial charge on any atom is 0.336 e. The van der Waals surface area contributed by atoms with Gasteiger partial charge in [0, 0.05) is 22.9 Å². The van der Waals surface area contributed by atoms with Crippen molar-refractivity contribution in [1.29, 1.82) is 0 Å². The first kappa shape index (κ1) is 24.8. The first-order chi connectivity index (χ1) is 16.7. The highest BCUT2D eigenvalue weighted by molar-refractivity contribution is 6.12. The van der Waals surface area contributed by atoms with Crippen molar-refractivity contribution in [3.63, 3.8) is 0 Å². The molecule has 1 aromatic rings. The predicted molar refractivity (Wildman–Crippen MR) is 125 cm³/mol. The molecule has 1 N–H and O–H groups in total. The summed E-state index contributed by atoms with van der Waals surface area (Å²) in [5.41, 5.74) is 2.63. The van der Waals surface area contributed by atoms with E-state index in [9.17, 15) is 14.4 Å². The second kappa shape index (κ2) is 10.1. The van der Waals surface area contributed by atoms with E-state index in [1.165, 1.54) is 7.11 Å². The second-order valence-corrected chi connectivity index (χ2v) is 9.20. The quantitative estimate of drug-likeness (QED) is 0.354. The fourth-order valence-electron chi connectivity index (χ4n) is 4.87. The zero-order chi connectivity index (χ0) is 25.3. The van der Waals surface area contributed by atoms with E-state index in [4.69, 9.17) is 23.7 Å². The van der Waals surface area contributed by atoms with Crippen LogP contribution in [0.2, 0.25) is 0 Å². The van der Waals surface area contributed by atoms with Gasteiger partial charge in [-0.1, -0.05) is 13.0 Å². The van der Waals surface area contributed by atoms with Gasteiger partial charge in [-0.3, -0.25) is 9.59 Å². The Morgan fingerprint density at radius 1 is 1.17 bits per heavy atom. The Bertz CT molecular complexity index is 1100. The molecule has 0 unspecified atom stereocenters. The van der Waals surface area contributed by atoms with Crippen LogP contribution in [0.4, 0.5) is 0 Å². The Morgan fingerprint density at radius 3 is 2.63 bits per heavy atom. The summed E-state index contributed by atoms with van der Waals surface area (Å²) in [7, 11) is 1.27. The van der Waals surface area contributed by atoms with Crippen molar-refractivity contribution < 1.29 is 38.1 Å². The third kappa shape index (κ3) is 4.77. The number of carbonyl (C=O) groups excluding carboxylic acids is 3. The van der Waals surface area contributed by atoms with E-state index in [0.29, 0.717) is 46.0 Å². The monoisotopic (exact) mass is 485 g/mol. The minimum atomic E-state index is -0.952. The van der Waals surface area contributed by atoms with Gasteiger partial charge in [0.2, 0.25) is 6.79 Å². The zero-order valence-electron chi connectivity index (χ0n) is 20.6. The number of hydrogen-bond acceptors (Lipinski definition) is 9. The lowest BCUT2D eigenvalue weighted by Gasteiger charge is -2.38. The molecule has 2 aliphatic heterocycles. The average molecular weight is 486 g/mol. The summed E-state index contributed by atoms with van der Waals surface area (Å²) in [6.45, 7) is 7.85. The lowest BCUT2D eigenvalue weighted by molar-refractivity contribution is -0.151. The van der Waals surface area contributed by atoms with Crippen molar-refractivity contribution in [2.75, 3.05) is 27.1 Å². The van der Waals surface area contributed by atoms with Crippen molar-refractivity contribution in [1.82, 2.24) is 5.32 Å². The van der Waals surface area contributed by atoms with Gasteiger partial charge in [-0.15, -0.1) is 0 Å². The summed E-state index contributed by atoms with van der Waals surface area (Å²) in [5, 5.41) is 3.25. The molecule has 4 rings (SSSR count). The van der Waals surface area contributed by atoms with Crippen LogP contribution in [0.25, 0.3) is 0 Å². The number of methoxy groups -OCH3 is 1. The van der Waals surface area contributed by atoms with Crippen molar-refractivity contribution in [3.05, 3.63) is 46.3 Å². The standard InChI is InChI=1S/C26H31NO8/c1-13(2)32-8-9-33-26(30)21-15(4)27-17-10-14(3)20(25(29)31-5)24(28)23(17)22(21)16-6-7-18-19(11-16)35-12-34-18/h6-7,11,13-14,20,22,27H,8-10,12H2,1-5H3/t14-,20-,22-/m0/s1. The van der Waals surface area contributed by atoms with Crippen LogP contribution < -0.4 is 14.8 Å². The zero-order valence-corrected chi connectivity index (χ0v) is 20.6. The molecule has 0 radical (unpaired) electrons. The number of esters is 2. The molecule has 0 amide bonds. The molecule has 0 saturated heterocycles. The Hall–Kier alpha value is -3.33. The van der Waals surface area contributed by atoms with Crippen LogP contribution in [0.15, 0.2) is 40.7 Å². The van der Waals surface area contributed by atoms with E-state index >= 15 is 0 Å². The fourth-order valence-corrected chi connectivity index (χ4v) is 4.87. The van der Waals surface area contributed by atoms with Crippen LogP contribution in [0.1, 0.15) is 45.6 Å². The molecule has 9 heteroatoms. The van der Waals surface area contributed by atoms with Gasteiger partial charge in [0.1, 0.15) is 12.5 Å². The molecule has 0 aromatic heterocycles. The molecule has 0 bridgehead atoms. The summed E-state index contributed by atoms with van der Waals surface area (Å²) in [6.07, 6.45) is 0.473. The van der Waals surface area contributed by atoms with Crippen molar-refractivity contribution >= 4 is 17.7 Å². The molecule has 1 aromatic carbocycles. The summed E-state index contributed by atoms with van der Waals surface area (Å²) in [6, 6.07) is 5.32. The van der Waals surface area contributed by atoms with Crippen LogP contribution in [-0.2, 0) is 28.6 Å². The maximum absolute atomic E-state index is 13.7. The summed E-state index contributed by atoms with van der Waals surface area (Å²) >= 11 is 0. The number of nitrogens with one attached hydrogen (secondary N) is 1. The number of ketones is 1. The Kier molecular flexibility index (Phi) is 7.16. The molecule has 0 fully saturated rings. The molecule has 1 aliphatic carbocycles. The first-order valence-electron chi connectivity index (χ1n) is 11.7. The van der Waals surface area contributed by atoms with Crippen LogP contribution in [0, 0.1) is 11.8 Å². The molecule has 188 valence electrons. The third-order valence-corrected chi connectivity index (χ3v) is 6.46. The molecule has 3 aliphatic rings. The van der Waals surface area contributed by atoms with Gasteiger partial charge in [0.05, 0.1) is 25.4 Å². The number of hydrogen-bond donors (Lipinski definition) is 1. The number of Topliss-reactive ketones (excluding diaryl/α,β-unsaturated/α-hetero) is 1. The summed E-state index contributed by atoms with van der Waals surface area (Å²) < 4.78 is 26.9. The van der Waals surface area contributed by atoms with E-state index < -0.39 is 23.8 Å². The predicted octanol–water partition coefficient (Wildman–Crippen LogP) is 3.00. The summed E-state index contributed by atoms with van der Waals surface area (Å²) in [4.78, 5) is 39.6. The SMILES string of the molecule is COC(=O)[C@@H]1C(=O)C2=C(C[C@@H]1C)NC(C)=C(C(=O)OCCOC(C)C)[C@@H]2c1ccc2c(c1)OCO2. The average Bonchev–Trinajstić information content (AvgIpc) is 3.28. The van der Waals surface area contributed by atoms with Crippen LogP contribution >= 0.6 is 0 Å². The molecular weight excluding hydrogens is 454 g/mol. The van der Waals surface area contributed by atoms with Gasteiger partial charge < -0.3 is 29.0 Å². The third-order valence-electron chi connectivity index (χ3n) is 6.46. The Morgan fingerprint density at radius 2 is 1.91 bits per heavy atom. The van der Waals surface area contributed by atoms with Gasteiger partial charge in [0.15, 0.2) is 17.3 Å². The van der Waals surface area contributed by atoms with E-state index in [1.807, 2.05) is 20.8 Å². The summed E-state index contributed by atoms with van der Waals surface area (Å²) in [5.74, 6) is -2.34. The normalized spacial score (nSPS) is 23.3. The topological polar surface area (TPSA) is 109 Å². The van der Waals surface area contributed by atoms with Gasteiger partial charge in [-0.25, -0.2) is 4.79 Å². The lowest BCUT2D eigenvalue weighted by atomic mass is 9.69. The number of carbonyl (C=O) groups is 3. The number of dihydropyridines is 1. The van der Waals surface area contributed by atoms with E-state index in [-0.39, 0.29) is 37.8 Å².